The highest BCUT2D eigenvalue weighted by Crippen LogP contribution is 2.42. The average molecular weight is 438 g/mol. The molecule has 0 aromatic heterocycles. The van der Waals surface area contributed by atoms with E-state index in [4.69, 9.17) is 25.8 Å². The van der Waals surface area contributed by atoms with Crippen molar-refractivity contribution < 1.29 is 22.6 Å². The molecule has 4 rings (SSSR count). The SMILES string of the molecule is COc1ccc(CN([C@@H](C)C2CC2)S(=O)(=O)c2cc3c(cc2Cl)OCCO3)cc1. The molecule has 156 valence electrons. The molecular weight excluding hydrogens is 414 g/mol. The van der Waals surface area contributed by atoms with Crippen LogP contribution in [0.15, 0.2) is 41.3 Å². The van der Waals surface area contributed by atoms with Crippen LogP contribution < -0.4 is 14.2 Å². The maximum atomic E-state index is 13.7. The molecule has 1 aliphatic carbocycles. The van der Waals surface area contributed by atoms with Gasteiger partial charge in [0.2, 0.25) is 10.0 Å². The highest BCUT2D eigenvalue weighted by atomic mass is 35.5. The quantitative estimate of drug-likeness (QED) is 0.652. The molecule has 8 heteroatoms. The van der Waals surface area contributed by atoms with E-state index in [-0.39, 0.29) is 22.5 Å². The first kappa shape index (κ1) is 20.3. The molecule has 0 unspecified atom stereocenters. The molecule has 0 saturated heterocycles. The number of hydrogen-bond acceptors (Lipinski definition) is 5. The molecular formula is C21H24ClNO5S. The first-order chi connectivity index (χ1) is 13.9. The summed E-state index contributed by atoms with van der Waals surface area (Å²) in [7, 11) is -2.25. The molecule has 1 fully saturated rings. The number of benzene rings is 2. The van der Waals surface area contributed by atoms with Gasteiger partial charge in [-0.1, -0.05) is 23.7 Å². The Morgan fingerprint density at radius 3 is 2.34 bits per heavy atom. The highest BCUT2D eigenvalue weighted by molar-refractivity contribution is 7.89. The van der Waals surface area contributed by atoms with Crippen LogP contribution in [0.4, 0.5) is 0 Å². The third kappa shape index (κ3) is 4.17. The van der Waals surface area contributed by atoms with Gasteiger partial charge < -0.3 is 14.2 Å². The van der Waals surface area contributed by atoms with Crippen molar-refractivity contribution in [2.24, 2.45) is 5.92 Å². The standard InChI is InChI=1S/C21H24ClNO5S/c1-14(16-5-6-16)23(13-15-3-7-17(26-2)8-4-15)29(24,25)21-12-20-19(11-18(21)22)27-9-10-28-20/h3-4,7-8,11-12,14,16H,5-6,9-10,13H2,1-2H3/t14-/m0/s1. The second kappa shape index (κ2) is 8.05. The van der Waals surface area contributed by atoms with E-state index in [0.29, 0.717) is 30.6 Å². The van der Waals surface area contributed by atoms with Crippen LogP contribution >= 0.6 is 11.6 Å². The molecule has 29 heavy (non-hydrogen) atoms. The van der Waals surface area contributed by atoms with Crippen LogP contribution in [-0.4, -0.2) is 39.1 Å². The van der Waals surface area contributed by atoms with Crippen LogP contribution in [-0.2, 0) is 16.6 Å². The number of nitrogens with zero attached hydrogens (tertiary/aromatic N) is 1. The van der Waals surface area contributed by atoms with Gasteiger partial charge in [0.15, 0.2) is 11.5 Å². The van der Waals surface area contributed by atoms with E-state index in [0.717, 1.165) is 24.2 Å². The van der Waals surface area contributed by atoms with Gasteiger partial charge in [-0.3, -0.25) is 0 Å². The van der Waals surface area contributed by atoms with Gasteiger partial charge >= 0.3 is 0 Å². The first-order valence-corrected chi connectivity index (χ1v) is 11.5. The minimum Gasteiger partial charge on any atom is -0.497 e. The van der Waals surface area contributed by atoms with Gasteiger partial charge in [0.1, 0.15) is 23.9 Å². The molecule has 1 atom stereocenters. The van der Waals surface area contributed by atoms with Crippen LogP contribution in [0.1, 0.15) is 25.3 Å². The molecule has 1 saturated carbocycles. The molecule has 2 aromatic rings. The summed E-state index contributed by atoms with van der Waals surface area (Å²) in [4.78, 5) is 0.0458. The van der Waals surface area contributed by atoms with Crippen LogP contribution in [0.3, 0.4) is 0 Å². The van der Waals surface area contributed by atoms with Gasteiger partial charge in [0.05, 0.1) is 12.1 Å². The van der Waals surface area contributed by atoms with E-state index in [1.165, 1.54) is 12.1 Å². The zero-order chi connectivity index (χ0) is 20.6. The molecule has 2 aromatic carbocycles. The molecule has 1 aliphatic heterocycles. The van der Waals surface area contributed by atoms with Crippen LogP contribution in [0.5, 0.6) is 17.2 Å². The number of hydrogen-bond donors (Lipinski definition) is 0. The Morgan fingerprint density at radius 2 is 1.76 bits per heavy atom. The maximum absolute atomic E-state index is 13.7. The molecule has 0 bridgehead atoms. The van der Waals surface area contributed by atoms with Crippen LogP contribution in [0.25, 0.3) is 0 Å². The largest absolute Gasteiger partial charge is 0.497 e. The van der Waals surface area contributed by atoms with Crippen molar-refractivity contribution in [3.8, 4) is 17.2 Å². The normalized spacial score (nSPS) is 17.2. The summed E-state index contributed by atoms with van der Waals surface area (Å²) in [5.41, 5.74) is 0.885. The summed E-state index contributed by atoms with van der Waals surface area (Å²) in [5.74, 6) is 1.96. The van der Waals surface area contributed by atoms with E-state index < -0.39 is 10.0 Å². The smallest absolute Gasteiger partial charge is 0.245 e. The second-order valence-corrected chi connectivity index (χ2v) is 9.67. The number of halogens is 1. The lowest BCUT2D eigenvalue weighted by Gasteiger charge is -2.29. The van der Waals surface area contributed by atoms with E-state index in [9.17, 15) is 8.42 Å². The zero-order valence-electron chi connectivity index (χ0n) is 16.4. The van der Waals surface area contributed by atoms with Crippen molar-refractivity contribution in [3.63, 3.8) is 0 Å². The summed E-state index contributed by atoms with van der Waals surface area (Å²) in [6, 6.07) is 10.3. The van der Waals surface area contributed by atoms with E-state index in [2.05, 4.69) is 0 Å². The van der Waals surface area contributed by atoms with Crippen molar-refractivity contribution in [3.05, 3.63) is 47.0 Å². The van der Waals surface area contributed by atoms with E-state index in [1.54, 1.807) is 11.4 Å². The number of sulfonamides is 1. The predicted octanol–water partition coefficient (Wildman–Crippen LogP) is 4.11. The number of rotatable bonds is 7. The molecule has 6 nitrogen and oxygen atoms in total. The van der Waals surface area contributed by atoms with Crippen molar-refractivity contribution in [1.82, 2.24) is 4.31 Å². The second-order valence-electron chi connectivity index (χ2n) is 7.40. The molecule has 0 radical (unpaired) electrons. The monoisotopic (exact) mass is 437 g/mol. The van der Waals surface area contributed by atoms with Gasteiger partial charge in [-0.25, -0.2) is 8.42 Å². The number of ether oxygens (including phenoxy) is 3. The highest BCUT2D eigenvalue weighted by Gasteiger charge is 2.39. The molecule has 0 amide bonds. The third-order valence-electron chi connectivity index (χ3n) is 5.44. The Balaban J connectivity index is 1.70. The molecule has 2 aliphatic rings. The van der Waals surface area contributed by atoms with Gasteiger partial charge in [-0.15, -0.1) is 0 Å². The fourth-order valence-corrected chi connectivity index (χ4v) is 5.73. The Morgan fingerprint density at radius 1 is 1.14 bits per heavy atom. The zero-order valence-corrected chi connectivity index (χ0v) is 18.0. The lowest BCUT2D eigenvalue weighted by molar-refractivity contribution is 0.171. The lowest BCUT2D eigenvalue weighted by atomic mass is 10.1. The Bertz CT molecular complexity index is 989. The van der Waals surface area contributed by atoms with Gasteiger partial charge in [-0.05, 0) is 43.4 Å². The Hall–Kier alpha value is -1.96. The Kier molecular flexibility index (Phi) is 5.64. The maximum Gasteiger partial charge on any atom is 0.245 e. The van der Waals surface area contributed by atoms with Crippen molar-refractivity contribution in [2.45, 2.75) is 37.2 Å². The van der Waals surface area contributed by atoms with Crippen molar-refractivity contribution in [1.29, 1.82) is 0 Å². The molecule has 0 spiro atoms. The Labute approximate surface area is 176 Å². The summed E-state index contributed by atoms with van der Waals surface area (Å²) in [6.45, 7) is 3.01. The summed E-state index contributed by atoms with van der Waals surface area (Å²) in [5, 5.41) is 0.136. The summed E-state index contributed by atoms with van der Waals surface area (Å²) >= 11 is 6.37. The van der Waals surface area contributed by atoms with Gasteiger partial charge in [-0.2, -0.15) is 4.31 Å². The number of methoxy groups -OCH3 is 1. The third-order valence-corrected chi connectivity index (χ3v) is 7.84. The number of fused-ring (bicyclic) bond motifs is 1. The minimum atomic E-state index is -3.85. The molecule has 1 heterocycles. The first-order valence-electron chi connectivity index (χ1n) is 9.64. The molecule has 0 N–H and O–H groups in total. The average Bonchev–Trinajstić information content (AvgIpc) is 3.56. The van der Waals surface area contributed by atoms with Crippen LogP contribution in [0.2, 0.25) is 5.02 Å². The van der Waals surface area contributed by atoms with Gasteiger partial charge in [0, 0.05) is 24.7 Å². The lowest BCUT2D eigenvalue weighted by Crippen LogP contribution is -2.39. The topological polar surface area (TPSA) is 65.1 Å². The van der Waals surface area contributed by atoms with E-state index >= 15 is 0 Å². The fraction of sp³-hybridized carbons (Fsp3) is 0.429. The van der Waals surface area contributed by atoms with Crippen LogP contribution in [0, 0.1) is 5.92 Å². The van der Waals surface area contributed by atoms with Crippen molar-refractivity contribution in [2.75, 3.05) is 20.3 Å². The fourth-order valence-electron chi connectivity index (χ4n) is 3.54. The van der Waals surface area contributed by atoms with Gasteiger partial charge in [0.25, 0.3) is 0 Å². The summed E-state index contributed by atoms with van der Waals surface area (Å²) in [6.07, 6.45) is 2.06. The predicted molar refractivity (Wildman–Crippen MR) is 110 cm³/mol. The van der Waals surface area contributed by atoms with Crippen molar-refractivity contribution >= 4 is 21.6 Å². The summed E-state index contributed by atoms with van der Waals surface area (Å²) < 4.78 is 45.2. The van der Waals surface area contributed by atoms with E-state index in [1.807, 2.05) is 31.2 Å². The minimum absolute atomic E-state index is 0.0458.